The molecule has 1 fully saturated rings. The lowest BCUT2D eigenvalue weighted by atomic mass is 9.79. The molecular formula is C13H22N4O2S. The number of pyridine rings is 1. The average molecular weight is 298 g/mol. The van der Waals surface area contributed by atoms with Gasteiger partial charge in [0.15, 0.2) is 0 Å². The molecule has 1 aliphatic rings. The summed E-state index contributed by atoms with van der Waals surface area (Å²) in [5, 5.41) is 8.29. The first-order chi connectivity index (χ1) is 9.50. The molecule has 2 atom stereocenters. The standard InChI is InChI=1S/C13H22N4O2S/c14-7-10-3-1-2-4-11(10)8-16-13-6-5-12(9-17-13)20(15,18)19/h5-6,9-11H,1-4,7-8,14H2,(H,16,17)(H2,15,18,19). The summed E-state index contributed by atoms with van der Waals surface area (Å²) >= 11 is 0. The van der Waals surface area contributed by atoms with Gasteiger partial charge in [-0.2, -0.15) is 0 Å². The molecule has 0 bridgehead atoms. The summed E-state index contributed by atoms with van der Waals surface area (Å²) in [6.45, 7) is 1.55. The first-order valence-electron chi connectivity index (χ1n) is 6.93. The summed E-state index contributed by atoms with van der Waals surface area (Å²) in [5.41, 5.74) is 5.81. The van der Waals surface area contributed by atoms with Gasteiger partial charge in [0.25, 0.3) is 0 Å². The molecule has 112 valence electrons. The second-order valence-corrected chi connectivity index (χ2v) is 6.91. The van der Waals surface area contributed by atoms with Crippen molar-refractivity contribution >= 4 is 15.8 Å². The van der Waals surface area contributed by atoms with Gasteiger partial charge in [0.2, 0.25) is 10.0 Å². The molecule has 5 N–H and O–H groups in total. The molecular weight excluding hydrogens is 276 g/mol. The molecule has 1 aromatic heterocycles. The summed E-state index contributed by atoms with van der Waals surface area (Å²) in [6, 6.07) is 3.10. The molecule has 0 aliphatic heterocycles. The maximum atomic E-state index is 11.1. The van der Waals surface area contributed by atoms with Gasteiger partial charge in [-0.15, -0.1) is 0 Å². The number of rotatable bonds is 5. The minimum Gasteiger partial charge on any atom is -0.370 e. The highest BCUT2D eigenvalue weighted by Crippen LogP contribution is 2.29. The van der Waals surface area contributed by atoms with Crippen molar-refractivity contribution in [3.05, 3.63) is 18.3 Å². The average Bonchev–Trinajstić information content (AvgIpc) is 2.45. The molecule has 7 heteroatoms. The van der Waals surface area contributed by atoms with Gasteiger partial charge in [-0.05, 0) is 43.4 Å². The molecule has 1 aliphatic carbocycles. The summed E-state index contributed by atoms with van der Waals surface area (Å²) in [5.74, 6) is 1.80. The van der Waals surface area contributed by atoms with E-state index in [4.69, 9.17) is 10.9 Å². The molecule has 2 rings (SSSR count). The SMILES string of the molecule is NCC1CCCCC1CNc1ccc(S(N)(=O)=O)cn1. The van der Waals surface area contributed by atoms with Gasteiger partial charge in [-0.3, -0.25) is 0 Å². The van der Waals surface area contributed by atoms with E-state index in [2.05, 4.69) is 10.3 Å². The van der Waals surface area contributed by atoms with E-state index in [-0.39, 0.29) is 4.90 Å². The van der Waals surface area contributed by atoms with Crippen LogP contribution in [0.25, 0.3) is 0 Å². The van der Waals surface area contributed by atoms with E-state index in [1.54, 1.807) is 6.07 Å². The predicted molar refractivity (Wildman–Crippen MR) is 78.6 cm³/mol. The zero-order chi connectivity index (χ0) is 14.6. The highest BCUT2D eigenvalue weighted by Gasteiger charge is 2.23. The van der Waals surface area contributed by atoms with Gasteiger partial charge in [0, 0.05) is 12.7 Å². The van der Waals surface area contributed by atoms with Crippen LogP contribution in [-0.2, 0) is 10.0 Å². The largest absolute Gasteiger partial charge is 0.370 e. The van der Waals surface area contributed by atoms with Gasteiger partial charge in [-0.25, -0.2) is 18.5 Å². The molecule has 0 amide bonds. The Morgan fingerprint density at radius 3 is 2.50 bits per heavy atom. The molecule has 0 radical (unpaired) electrons. The number of aromatic nitrogens is 1. The van der Waals surface area contributed by atoms with Gasteiger partial charge in [0.1, 0.15) is 10.7 Å². The van der Waals surface area contributed by atoms with Crippen molar-refractivity contribution in [2.24, 2.45) is 22.7 Å². The third-order valence-electron chi connectivity index (χ3n) is 3.98. The van der Waals surface area contributed by atoms with Gasteiger partial charge >= 0.3 is 0 Å². The van der Waals surface area contributed by atoms with Crippen LogP contribution in [0.4, 0.5) is 5.82 Å². The second kappa shape index (κ2) is 6.51. The third-order valence-corrected chi connectivity index (χ3v) is 4.88. The second-order valence-electron chi connectivity index (χ2n) is 5.35. The lowest BCUT2D eigenvalue weighted by Crippen LogP contribution is -2.31. The number of primary sulfonamides is 1. The van der Waals surface area contributed by atoms with Gasteiger partial charge in [0.05, 0.1) is 0 Å². The predicted octanol–water partition coefficient (Wildman–Crippen LogP) is 0.906. The molecule has 1 saturated carbocycles. The Kier molecular flexibility index (Phi) is 4.95. The Morgan fingerprint density at radius 2 is 1.95 bits per heavy atom. The monoisotopic (exact) mass is 298 g/mol. The fourth-order valence-electron chi connectivity index (χ4n) is 2.75. The fraction of sp³-hybridized carbons (Fsp3) is 0.615. The van der Waals surface area contributed by atoms with Crippen molar-refractivity contribution in [3.8, 4) is 0 Å². The van der Waals surface area contributed by atoms with Crippen LogP contribution in [0.2, 0.25) is 0 Å². The summed E-state index contributed by atoms with van der Waals surface area (Å²) in [4.78, 5) is 4.11. The van der Waals surface area contributed by atoms with Crippen LogP contribution in [-0.4, -0.2) is 26.5 Å². The minimum absolute atomic E-state index is 0.0283. The summed E-state index contributed by atoms with van der Waals surface area (Å²) < 4.78 is 22.3. The van der Waals surface area contributed by atoms with E-state index >= 15 is 0 Å². The maximum Gasteiger partial charge on any atom is 0.239 e. The smallest absolute Gasteiger partial charge is 0.239 e. The van der Waals surface area contributed by atoms with Crippen molar-refractivity contribution in [2.45, 2.75) is 30.6 Å². The number of nitrogens with two attached hydrogens (primary N) is 2. The van der Waals surface area contributed by atoms with E-state index in [1.807, 2.05) is 0 Å². The first kappa shape index (κ1) is 15.2. The third kappa shape index (κ3) is 3.91. The van der Waals surface area contributed by atoms with Crippen LogP contribution in [0, 0.1) is 11.8 Å². The molecule has 0 saturated heterocycles. The van der Waals surface area contributed by atoms with E-state index in [0.717, 1.165) is 13.1 Å². The van der Waals surface area contributed by atoms with Crippen molar-refractivity contribution in [1.82, 2.24) is 4.98 Å². The number of nitrogens with zero attached hydrogens (tertiary/aromatic N) is 1. The number of hydrogen-bond donors (Lipinski definition) is 3. The van der Waals surface area contributed by atoms with Crippen molar-refractivity contribution in [2.75, 3.05) is 18.4 Å². The van der Waals surface area contributed by atoms with Crippen LogP contribution < -0.4 is 16.2 Å². The van der Waals surface area contributed by atoms with E-state index in [9.17, 15) is 8.42 Å². The van der Waals surface area contributed by atoms with Gasteiger partial charge in [-0.1, -0.05) is 12.8 Å². The quantitative estimate of drug-likeness (QED) is 0.748. The van der Waals surface area contributed by atoms with Crippen LogP contribution in [0.5, 0.6) is 0 Å². The van der Waals surface area contributed by atoms with Crippen LogP contribution in [0.3, 0.4) is 0 Å². The Hall–Kier alpha value is -1.18. The summed E-state index contributed by atoms with van der Waals surface area (Å²) in [7, 11) is -3.67. The van der Waals surface area contributed by atoms with Gasteiger partial charge < -0.3 is 11.1 Å². The Morgan fingerprint density at radius 1 is 1.25 bits per heavy atom. The lowest BCUT2D eigenvalue weighted by molar-refractivity contribution is 0.255. The topological polar surface area (TPSA) is 111 Å². The molecule has 0 spiro atoms. The molecule has 1 heterocycles. The number of sulfonamides is 1. The van der Waals surface area contributed by atoms with E-state index < -0.39 is 10.0 Å². The zero-order valence-electron chi connectivity index (χ0n) is 11.5. The number of anilines is 1. The molecule has 1 aromatic rings. The number of nitrogens with one attached hydrogen (secondary N) is 1. The highest BCUT2D eigenvalue weighted by molar-refractivity contribution is 7.89. The first-order valence-corrected chi connectivity index (χ1v) is 8.48. The minimum atomic E-state index is -3.67. The lowest BCUT2D eigenvalue weighted by Gasteiger charge is -2.30. The van der Waals surface area contributed by atoms with Crippen molar-refractivity contribution < 1.29 is 8.42 Å². The molecule has 2 unspecified atom stereocenters. The molecule has 20 heavy (non-hydrogen) atoms. The molecule has 6 nitrogen and oxygen atoms in total. The van der Waals surface area contributed by atoms with Crippen LogP contribution >= 0.6 is 0 Å². The maximum absolute atomic E-state index is 11.1. The number of hydrogen-bond acceptors (Lipinski definition) is 5. The Bertz CT molecular complexity index is 530. The summed E-state index contributed by atoms with van der Waals surface area (Å²) in [6.07, 6.45) is 6.17. The Labute approximate surface area is 120 Å². The normalized spacial score (nSPS) is 23.5. The molecule has 0 aromatic carbocycles. The van der Waals surface area contributed by atoms with E-state index in [1.165, 1.54) is 37.9 Å². The highest BCUT2D eigenvalue weighted by atomic mass is 32.2. The Balaban J connectivity index is 1.93. The van der Waals surface area contributed by atoms with Crippen molar-refractivity contribution in [3.63, 3.8) is 0 Å². The van der Waals surface area contributed by atoms with E-state index in [0.29, 0.717) is 17.7 Å². The zero-order valence-corrected chi connectivity index (χ0v) is 12.3. The fourth-order valence-corrected chi connectivity index (χ4v) is 3.21. The van der Waals surface area contributed by atoms with Crippen LogP contribution in [0.15, 0.2) is 23.2 Å². The van der Waals surface area contributed by atoms with Crippen LogP contribution in [0.1, 0.15) is 25.7 Å². The van der Waals surface area contributed by atoms with Crippen molar-refractivity contribution in [1.29, 1.82) is 0 Å².